The number of nitrogens with one attached hydrogen (secondary N) is 2. The van der Waals surface area contributed by atoms with Crippen molar-refractivity contribution in [2.45, 2.75) is 6.92 Å². The molecule has 10 nitrogen and oxygen atoms in total. The van der Waals surface area contributed by atoms with E-state index in [1.807, 2.05) is 6.92 Å². The second-order valence-electron chi connectivity index (χ2n) is 4.16. The maximum absolute atomic E-state index is 11.8. The molecule has 112 valence electrons. The third kappa shape index (κ3) is 3.63. The van der Waals surface area contributed by atoms with E-state index < -0.39 is 0 Å². The van der Waals surface area contributed by atoms with Crippen LogP contribution >= 0.6 is 0 Å². The van der Waals surface area contributed by atoms with Gasteiger partial charge in [0.05, 0.1) is 6.54 Å². The maximum atomic E-state index is 11.8. The number of carbonyl (C=O) groups is 1. The lowest BCUT2D eigenvalue weighted by molar-refractivity contribution is -0.127. The molecule has 21 heavy (non-hydrogen) atoms. The quantitative estimate of drug-likeness (QED) is 0.468. The number of nitrogen functional groups attached to an aromatic ring is 1. The lowest BCUT2D eigenvalue weighted by Crippen LogP contribution is -2.32. The average molecular weight is 291 g/mol. The molecule has 0 fully saturated rings. The molecule has 0 radical (unpaired) electrons. The van der Waals surface area contributed by atoms with Crippen molar-refractivity contribution >= 4 is 17.8 Å². The van der Waals surface area contributed by atoms with Crippen LogP contribution in [-0.4, -0.2) is 55.4 Å². The van der Waals surface area contributed by atoms with Gasteiger partial charge in [0.1, 0.15) is 6.33 Å². The van der Waals surface area contributed by atoms with Gasteiger partial charge < -0.3 is 10.2 Å². The lowest BCUT2D eigenvalue weighted by Gasteiger charge is -2.15. The Balaban J connectivity index is 2.16. The fraction of sp³-hybridized carbons (Fsp3) is 0.364. The summed E-state index contributed by atoms with van der Waals surface area (Å²) in [4.78, 5) is 29.6. The molecule has 2 rings (SSSR count). The first-order valence-corrected chi connectivity index (χ1v) is 6.33. The van der Waals surface area contributed by atoms with E-state index in [2.05, 4.69) is 30.7 Å². The fourth-order valence-electron chi connectivity index (χ4n) is 1.47. The number of carbonyl (C=O) groups excluding carboxylic acids is 1. The van der Waals surface area contributed by atoms with Gasteiger partial charge in [0.25, 0.3) is 0 Å². The largest absolute Gasteiger partial charge is 0.345 e. The second-order valence-corrected chi connectivity index (χ2v) is 4.16. The van der Waals surface area contributed by atoms with Gasteiger partial charge >= 0.3 is 0 Å². The SMILES string of the molecule is CCN(C)C(=O)CNc1nc(NN)nc(-n2ccnc2)n1. The van der Waals surface area contributed by atoms with Crippen LogP contribution in [0.4, 0.5) is 11.9 Å². The summed E-state index contributed by atoms with van der Waals surface area (Å²) in [6.45, 7) is 2.61. The number of imidazole rings is 1. The Hall–Kier alpha value is -2.75. The van der Waals surface area contributed by atoms with Crippen molar-refractivity contribution in [2.75, 3.05) is 30.9 Å². The van der Waals surface area contributed by atoms with E-state index in [4.69, 9.17) is 5.84 Å². The van der Waals surface area contributed by atoms with Crippen molar-refractivity contribution in [3.05, 3.63) is 18.7 Å². The third-order valence-electron chi connectivity index (χ3n) is 2.79. The number of hydrazine groups is 1. The molecular formula is C11H17N9O. The average Bonchev–Trinajstić information content (AvgIpc) is 3.05. The minimum Gasteiger partial charge on any atom is -0.345 e. The Morgan fingerprint density at radius 1 is 1.38 bits per heavy atom. The van der Waals surface area contributed by atoms with Crippen molar-refractivity contribution in [3.8, 4) is 5.95 Å². The minimum absolute atomic E-state index is 0.0654. The summed E-state index contributed by atoms with van der Waals surface area (Å²) in [6, 6.07) is 0. The summed E-state index contributed by atoms with van der Waals surface area (Å²) >= 11 is 0. The molecular weight excluding hydrogens is 274 g/mol. The summed E-state index contributed by atoms with van der Waals surface area (Å²) in [7, 11) is 1.72. The van der Waals surface area contributed by atoms with Crippen molar-refractivity contribution < 1.29 is 4.79 Å². The predicted molar refractivity (Wildman–Crippen MR) is 76.6 cm³/mol. The van der Waals surface area contributed by atoms with Gasteiger partial charge in [-0.05, 0) is 6.92 Å². The molecule has 0 aliphatic carbocycles. The summed E-state index contributed by atoms with van der Waals surface area (Å²) in [6.07, 6.45) is 4.84. The predicted octanol–water partition coefficient (Wildman–Crippen LogP) is -0.767. The third-order valence-corrected chi connectivity index (χ3v) is 2.79. The molecule has 0 unspecified atom stereocenters. The zero-order chi connectivity index (χ0) is 15.2. The molecule has 0 aliphatic rings. The Morgan fingerprint density at radius 3 is 2.76 bits per heavy atom. The van der Waals surface area contributed by atoms with Crippen LogP contribution in [0.5, 0.6) is 0 Å². The summed E-state index contributed by atoms with van der Waals surface area (Å²) in [5, 5.41) is 2.85. The maximum Gasteiger partial charge on any atom is 0.243 e. The molecule has 0 spiro atoms. The van der Waals surface area contributed by atoms with E-state index in [9.17, 15) is 4.79 Å². The van der Waals surface area contributed by atoms with Crippen molar-refractivity contribution in [2.24, 2.45) is 5.84 Å². The molecule has 2 aromatic rings. The number of hydrogen-bond donors (Lipinski definition) is 3. The zero-order valence-corrected chi connectivity index (χ0v) is 11.8. The lowest BCUT2D eigenvalue weighted by atomic mass is 10.5. The molecule has 0 bridgehead atoms. The van der Waals surface area contributed by atoms with E-state index in [1.165, 1.54) is 0 Å². The molecule has 1 amide bonds. The minimum atomic E-state index is -0.0654. The number of aromatic nitrogens is 5. The molecule has 0 aliphatic heterocycles. The second kappa shape index (κ2) is 6.61. The van der Waals surface area contributed by atoms with Gasteiger partial charge in [-0.2, -0.15) is 15.0 Å². The molecule has 0 aromatic carbocycles. The highest BCUT2D eigenvalue weighted by atomic mass is 16.2. The van der Waals surface area contributed by atoms with Crippen molar-refractivity contribution in [3.63, 3.8) is 0 Å². The first-order valence-electron chi connectivity index (χ1n) is 6.33. The fourth-order valence-corrected chi connectivity index (χ4v) is 1.47. The molecule has 10 heteroatoms. The van der Waals surface area contributed by atoms with E-state index in [1.54, 1.807) is 35.2 Å². The summed E-state index contributed by atoms with van der Waals surface area (Å²) in [5.74, 6) is 6.05. The highest BCUT2D eigenvalue weighted by Crippen LogP contribution is 2.08. The molecule has 0 atom stereocenters. The normalized spacial score (nSPS) is 10.2. The standard InChI is InChI=1S/C11H17N9O/c1-3-19(2)8(21)6-14-9-15-10(18-12)17-11(16-9)20-5-4-13-7-20/h4-5,7H,3,6,12H2,1-2H3,(H2,14,15,16,17,18). The molecule has 2 heterocycles. The van der Waals surface area contributed by atoms with E-state index in [-0.39, 0.29) is 24.3 Å². The number of hydrogen-bond acceptors (Lipinski definition) is 8. The van der Waals surface area contributed by atoms with Crippen LogP contribution in [0.2, 0.25) is 0 Å². The number of anilines is 2. The van der Waals surface area contributed by atoms with Crippen LogP contribution < -0.4 is 16.6 Å². The monoisotopic (exact) mass is 291 g/mol. The number of nitrogens with two attached hydrogens (primary N) is 1. The molecule has 2 aromatic heterocycles. The first kappa shape index (κ1) is 14.7. The Kier molecular flexibility index (Phi) is 4.61. The van der Waals surface area contributed by atoms with E-state index in [0.29, 0.717) is 12.5 Å². The molecule has 4 N–H and O–H groups in total. The van der Waals surface area contributed by atoms with Crippen molar-refractivity contribution in [1.82, 2.24) is 29.4 Å². The van der Waals surface area contributed by atoms with Crippen LogP contribution in [0.15, 0.2) is 18.7 Å². The summed E-state index contributed by atoms with van der Waals surface area (Å²) < 4.78 is 1.60. The smallest absolute Gasteiger partial charge is 0.243 e. The Morgan fingerprint density at radius 2 is 2.14 bits per heavy atom. The van der Waals surface area contributed by atoms with Gasteiger partial charge in [0.2, 0.25) is 23.8 Å². The van der Waals surface area contributed by atoms with Gasteiger partial charge in [-0.1, -0.05) is 0 Å². The van der Waals surface area contributed by atoms with E-state index in [0.717, 1.165) is 0 Å². The number of rotatable bonds is 6. The van der Waals surface area contributed by atoms with Crippen LogP contribution in [0.1, 0.15) is 6.92 Å². The number of nitrogens with zero attached hydrogens (tertiary/aromatic N) is 6. The van der Waals surface area contributed by atoms with Crippen LogP contribution in [0, 0.1) is 0 Å². The summed E-state index contributed by atoms with van der Waals surface area (Å²) in [5.41, 5.74) is 2.36. The Bertz CT molecular complexity index is 598. The molecule has 0 saturated carbocycles. The van der Waals surface area contributed by atoms with Crippen LogP contribution in [0.25, 0.3) is 5.95 Å². The Labute approximate surface area is 121 Å². The van der Waals surface area contributed by atoms with Crippen molar-refractivity contribution in [1.29, 1.82) is 0 Å². The van der Waals surface area contributed by atoms with E-state index >= 15 is 0 Å². The van der Waals surface area contributed by atoms with Gasteiger partial charge in [-0.15, -0.1) is 0 Å². The topological polar surface area (TPSA) is 127 Å². The van der Waals surface area contributed by atoms with Gasteiger partial charge in [0, 0.05) is 26.0 Å². The number of amides is 1. The number of likely N-dealkylation sites (N-methyl/N-ethyl adjacent to an activating group) is 1. The van der Waals surface area contributed by atoms with Gasteiger partial charge in [0.15, 0.2) is 0 Å². The zero-order valence-electron chi connectivity index (χ0n) is 11.8. The highest BCUT2D eigenvalue weighted by molar-refractivity contribution is 5.80. The molecule has 0 saturated heterocycles. The highest BCUT2D eigenvalue weighted by Gasteiger charge is 2.10. The van der Waals surface area contributed by atoms with Crippen LogP contribution in [-0.2, 0) is 4.79 Å². The van der Waals surface area contributed by atoms with Crippen LogP contribution in [0.3, 0.4) is 0 Å². The van der Waals surface area contributed by atoms with Gasteiger partial charge in [-0.3, -0.25) is 14.8 Å². The first-order chi connectivity index (χ1) is 10.1. The van der Waals surface area contributed by atoms with Gasteiger partial charge in [-0.25, -0.2) is 10.8 Å².